The van der Waals surface area contributed by atoms with Crippen LogP contribution in [0, 0.1) is 57.2 Å². The first kappa shape index (κ1) is 113. The van der Waals surface area contributed by atoms with Crippen molar-refractivity contribution >= 4 is 115 Å². The predicted octanol–water partition coefficient (Wildman–Crippen LogP) is 17.4. The summed E-state index contributed by atoms with van der Waals surface area (Å²) in [5.74, 6) is 7.88. The molecule has 0 aliphatic heterocycles. The minimum Gasteiger partial charge on any atom is -0.466 e. The number of terminal acetylenes is 1. The van der Waals surface area contributed by atoms with Gasteiger partial charge in [-0.3, -0.25) is 14.4 Å². The summed E-state index contributed by atoms with van der Waals surface area (Å²) in [4.78, 5) is 33.1. The van der Waals surface area contributed by atoms with Gasteiger partial charge in [0.05, 0.1) is 37.7 Å². The molecule has 0 saturated heterocycles. The molecule has 0 radical (unpaired) electrons. The number of alkyl halides is 1. The molecule has 0 saturated carbocycles. The van der Waals surface area contributed by atoms with Crippen molar-refractivity contribution in [1.82, 2.24) is 15.7 Å². The maximum atomic E-state index is 11.7. The zero-order chi connectivity index (χ0) is 83.9. The fraction of sp³-hybridized carbons (Fsp3) is 0.511. The molecule has 24 heteroatoms. The van der Waals surface area contributed by atoms with Crippen molar-refractivity contribution in [3.63, 3.8) is 0 Å². The normalized spacial score (nSPS) is 10.6. The molecule has 0 unspecified atom stereocenters. The van der Waals surface area contributed by atoms with Crippen molar-refractivity contribution in [1.29, 1.82) is 0 Å². The smallest absolute Gasteiger partial charge is 0.374 e. The lowest BCUT2D eigenvalue weighted by atomic mass is 9.86. The molecule has 16 nitrogen and oxygen atoms in total. The Kier molecular flexibility index (Phi) is 64.7. The maximum Gasteiger partial charge on any atom is 0.374 e. The molecular weight excluding hydrogens is 1690 g/mol. The molecule has 0 amide bonds. The third kappa shape index (κ3) is 62.2. The number of aryl methyl sites for hydroxylation is 2. The van der Waals surface area contributed by atoms with Crippen LogP contribution < -0.4 is 21.4 Å². The topological polar surface area (TPSA) is 262 Å². The van der Waals surface area contributed by atoms with E-state index in [1.54, 1.807) is 27.4 Å². The molecule has 0 aromatic heterocycles. The van der Waals surface area contributed by atoms with Crippen LogP contribution >= 0.6 is 76.1 Å². The zero-order valence-electron chi connectivity index (χ0n) is 69.5. The Morgan fingerprint density at radius 3 is 1.24 bits per heavy atom. The van der Waals surface area contributed by atoms with E-state index in [-0.39, 0.29) is 85.1 Å². The first-order valence-electron chi connectivity index (χ1n) is 37.8. The molecule has 0 heterocycles. The first-order valence-corrected chi connectivity index (χ1v) is 41.3. The summed E-state index contributed by atoms with van der Waals surface area (Å²) in [6.45, 7) is 38.5. The number of benzene rings is 6. The van der Waals surface area contributed by atoms with Gasteiger partial charge in [-0.1, -0.05) is 255 Å². The quantitative estimate of drug-likeness (QED) is 0.00470. The molecule has 6 aromatic rings. The van der Waals surface area contributed by atoms with Gasteiger partial charge >= 0.3 is 39.1 Å². The highest BCUT2D eigenvalue weighted by molar-refractivity contribution is 9.11. The zero-order valence-corrected chi connectivity index (χ0v) is 76.7. The molecule has 0 spiro atoms. The lowest BCUT2D eigenvalue weighted by Gasteiger charge is -2.24. The van der Waals surface area contributed by atoms with E-state index in [0.29, 0.717) is 39.3 Å². The number of nitrogens with one attached hydrogen (secondary N) is 3. The van der Waals surface area contributed by atoms with Gasteiger partial charge in [0.25, 0.3) is 0 Å². The van der Waals surface area contributed by atoms with Crippen LogP contribution in [0.15, 0.2) is 159 Å². The largest absolute Gasteiger partial charge is 0.466 e. The third-order valence-corrected chi connectivity index (χ3v) is 17.7. The Morgan fingerprint density at radius 1 is 0.518 bits per heavy atom. The van der Waals surface area contributed by atoms with Gasteiger partial charge in [0.1, 0.15) is 0 Å². The number of rotatable bonds is 32. The minimum absolute atomic E-state index is 0. The summed E-state index contributed by atoms with van der Waals surface area (Å²) < 4.78 is 18.1. The molecular formula is C88H136B3Br4ClN4O12. The van der Waals surface area contributed by atoms with Crippen molar-refractivity contribution in [2.45, 2.75) is 195 Å². The first-order chi connectivity index (χ1) is 51.5. The second kappa shape index (κ2) is 64.0. The van der Waals surface area contributed by atoms with Crippen molar-refractivity contribution in [3.8, 4) is 24.2 Å². The Labute approximate surface area is 717 Å². The van der Waals surface area contributed by atoms with Crippen LogP contribution in [-0.2, 0) is 78.9 Å². The van der Waals surface area contributed by atoms with Gasteiger partial charge in [0.2, 0.25) is 0 Å². The number of nitrogens with two attached hydrogens (primary N) is 1. The summed E-state index contributed by atoms with van der Waals surface area (Å²) >= 11 is 13.6. The van der Waals surface area contributed by atoms with Crippen molar-refractivity contribution in [3.05, 3.63) is 209 Å². The van der Waals surface area contributed by atoms with Crippen LogP contribution in [0.1, 0.15) is 174 Å². The van der Waals surface area contributed by atoms with Gasteiger partial charge in [0, 0.05) is 63.0 Å². The van der Waals surface area contributed by atoms with E-state index in [2.05, 4.69) is 222 Å². The molecule has 112 heavy (non-hydrogen) atoms. The van der Waals surface area contributed by atoms with Crippen LogP contribution in [0.3, 0.4) is 0 Å². The lowest BCUT2D eigenvalue weighted by Crippen LogP contribution is -2.31. The molecule has 0 aliphatic rings. The Bertz CT molecular complexity index is 3610. The number of carbonyl (C=O) groups is 3. The Balaban J connectivity index is -0.000000606. The van der Waals surface area contributed by atoms with E-state index in [0.717, 1.165) is 94.3 Å². The van der Waals surface area contributed by atoms with E-state index >= 15 is 0 Å². The van der Waals surface area contributed by atoms with Crippen LogP contribution in [-0.4, -0.2) is 135 Å². The van der Waals surface area contributed by atoms with Crippen LogP contribution in [0.25, 0.3) is 0 Å². The number of halogens is 5. The van der Waals surface area contributed by atoms with Gasteiger partial charge in [-0.15, -0.1) is 18.8 Å². The molecule has 0 fully saturated rings. The van der Waals surface area contributed by atoms with Gasteiger partial charge in [-0.25, -0.2) is 0 Å². The monoisotopic (exact) mass is 1820 g/mol. The lowest BCUT2D eigenvalue weighted by molar-refractivity contribution is -0.153. The summed E-state index contributed by atoms with van der Waals surface area (Å²) in [6, 6.07) is 49.6. The third-order valence-electron chi connectivity index (χ3n) is 15.6. The second-order valence-corrected chi connectivity index (χ2v) is 34.2. The highest BCUT2D eigenvalue weighted by Gasteiger charge is 2.29. The summed E-state index contributed by atoms with van der Waals surface area (Å²) in [5, 5.41) is 63.7. The second-order valence-electron chi connectivity index (χ2n) is 30.9. The summed E-state index contributed by atoms with van der Waals surface area (Å²) in [5.41, 5.74) is 15.8. The number of carbonyl (C=O) groups excluding carboxylic acids is 3. The summed E-state index contributed by atoms with van der Waals surface area (Å²) in [7, 11) is -1.46. The predicted molar refractivity (Wildman–Crippen MR) is 489 cm³/mol. The molecule has 6 aromatic carbocycles. The number of hydrogen-bond donors (Lipinski definition) is 10. The van der Waals surface area contributed by atoms with E-state index in [1.165, 1.54) is 45.9 Å². The SMILES string of the molecule is BrCc1cccc(Br)c1.C.C#CCNB(C)O.CB(O)NCC#Cc1cccc(CC(C)(C)CO)c1.CB(O)NCCCc1cccc(CC(C)(C)CO)c1.CC(=O)OCC(C)(C)Cc1cccc(CCCN)c1.CC(C)(CO)Cc1cccc(Br)c1.CCOC(=O)C(C)(C)Cc1cccc(Br)c1.CCOC(=O)C(C)C.Cl. The molecule has 0 atom stereocenters. The van der Waals surface area contributed by atoms with E-state index in [1.807, 2.05) is 115 Å². The van der Waals surface area contributed by atoms with Crippen LogP contribution in [0.5, 0.6) is 0 Å². The summed E-state index contributed by atoms with van der Waals surface area (Å²) in [6.07, 6.45) is 13.1. The van der Waals surface area contributed by atoms with E-state index in [9.17, 15) is 24.6 Å². The maximum absolute atomic E-state index is 11.7. The average Bonchev–Trinajstić information content (AvgIpc) is 0.859. The van der Waals surface area contributed by atoms with E-state index < -0.39 is 26.6 Å². The highest BCUT2D eigenvalue weighted by Crippen LogP contribution is 2.28. The Hall–Kier alpha value is -5.15. The molecule has 6 rings (SSSR count). The van der Waals surface area contributed by atoms with Gasteiger partial charge in [-0.05, 0) is 228 Å². The fourth-order valence-electron chi connectivity index (χ4n) is 9.87. The van der Waals surface area contributed by atoms with Gasteiger partial charge in [0.15, 0.2) is 0 Å². The standard InChI is InChI=1S/C16H25NO2.C15H26BNO2.C15H22BNO2.C13H17BrO2.C11H15BrO.C7H6Br2.C6H12O2.C4H8BNO.CH4.ClH/c1-13(18)19-12-16(2,3)11-15-7-4-6-14(10-15)8-5-9-17;2*1-15(2,12-18)11-14-7-4-6-13(10-14)8-5-9-17-16(3)19;1-4-16-12(15)13(2,3)9-10-6-5-7-11(14)8-10;1-11(2,8-13)7-9-4-3-5-10(12)6-9;8-5-6-2-1-3-7(9)4-6;1-4-8-6(7)5(2)3;1-3-4-6-5(2)7;;/h4,6-7,10H,5,8-9,11-12,17H2,1-3H3;4,6-7,10,17-19H,5,8-9,11-12H2,1-3H3;4,6-7,10,17-19H,9,11-12H2,1-3H3;5-8H,4,9H2,1-3H3;3-6,13H,7-8H2,1-2H3;1-4H,5H2;5H,4H2,1-3H3;1,6-7H,4H2,2H3;1H4;1H. The van der Waals surface area contributed by atoms with Crippen molar-refractivity contribution < 1.29 is 59.0 Å². The number of ether oxygens (including phenoxy) is 3. The highest BCUT2D eigenvalue weighted by atomic mass is 79.9. The molecule has 624 valence electrons. The molecule has 0 aliphatic carbocycles. The fourth-order valence-corrected chi connectivity index (χ4v) is 11.6. The van der Waals surface area contributed by atoms with Crippen molar-refractivity contribution in [2.75, 3.05) is 65.8 Å². The van der Waals surface area contributed by atoms with Crippen LogP contribution in [0.4, 0.5) is 0 Å². The Morgan fingerprint density at radius 2 is 0.884 bits per heavy atom. The van der Waals surface area contributed by atoms with Gasteiger partial charge in [-0.2, -0.15) is 0 Å². The molecule has 11 N–H and O–H groups in total. The minimum atomic E-state index is -0.536. The number of aliphatic hydroxyl groups is 3. The van der Waals surface area contributed by atoms with E-state index in [4.69, 9.17) is 41.8 Å². The van der Waals surface area contributed by atoms with Crippen molar-refractivity contribution in [2.24, 2.45) is 38.7 Å². The van der Waals surface area contributed by atoms with Crippen LogP contribution in [0.2, 0.25) is 20.5 Å². The number of esters is 3. The number of aliphatic hydroxyl groups excluding tert-OH is 3. The molecule has 0 bridgehead atoms. The van der Waals surface area contributed by atoms with Gasteiger partial charge < -0.3 is 66.0 Å². The average molecular weight is 1830 g/mol. The number of hydrogen-bond acceptors (Lipinski definition) is 16.